The van der Waals surface area contributed by atoms with Gasteiger partial charge in [0.15, 0.2) is 0 Å². The van der Waals surface area contributed by atoms with E-state index in [2.05, 4.69) is 4.90 Å². The van der Waals surface area contributed by atoms with Crippen LogP contribution in [0.4, 0.5) is 4.39 Å². The molecule has 0 aliphatic rings. The van der Waals surface area contributed by atoms with E-state index in [4.69, 9.17) is 4.42 Å². The number of halogens is 1. The molecular formula is C15H18FNOS. The first-order valence-electron chi connectivity index (χ1n) is 6.26. The normalized spacial score (nSPS) is 11.2. The topological polar surface area (TPSA) is 16.4 Å². The highest BCUT2D eigenvalue weighted by atomic mass is 32.2. The number of rotatable bonds is 6. The third-order valence-electron chi connectivity index (χ3n) is 2.79. The molecule has 0 saturated carbocycles. The van der Waals surface area contributed by atoms with Crippen molar-refractivity contribution >= 4 is 11.8 Å². The number of nitrogens with zero attached hydrogens (tertiary/aromatic N) is 1. The minimum absolute atomic E-state index is 0.142. The van der Waals surface area contributed by atoms with Gasteiger partial charge in [0.2, 0.25) is 0 Å². The molecule has 0 bridgehead atoms. The summed E-state index contributed by atoms with van der Waals surface area (Å²) in [5, 5.41) is 0. The minimum Gasteiger partial charge on any atom is -0.465 e. The van der Waals surface area contributed by atoms with Gasteiger partial charge >= 0.3 is 0 Å². The smallest absolute Gasteiger partial charge is 0.136 e. The lowest BCUT2D eigenvalue weighted by Crippen LogP contribution is -2.20. The van der Waals surface area contributed by atoms with E-state index in [1.54, 1.807) is 17.8 Å². The van der Waals surface area contributed by atoms with Gasteiger partial charge in [-0.05, 0) is 38.2 Å². The highest BCUT2D eigenvalue weighted by molar-refractivity contribution is 7.99. The van der Waals surface area contributed by atoms with E-state index in [0.717, 1.165) is 30.4 Å². The number of aryl methyl sites for hydroxylation is 1. The number of hydrogen-bond acceptors (Lipinski definition) is 3. The van der Waals surface area contributed by atoms with Gasteiger partial charge in [0, 0.05) is 17.2 Å². The van der Waals surface area contributed by atoms with Crippen LogP contribution in [0.1, 0.15) is 11.5 Å². The Morgan fingerprint density at radius 2 is 2.00 bits per heavy atom. The first-order valence-corrected chi connectivity index (χ1v) is 7.25. The van der Waals surface area contributed by atoms with Crippen LogP contribution < -0.4 is 0 Å². The van der Waals surface area contributed by atoms with Crippen molar-refractivity contribution in [3.63, 3.8) is 0 Å². The average molecular weight is 279 g/mol. The van der Waals surface area contributed by atoms with Gasteiger partial charge in [0.25, 0.3) is 0 Å². The molecule has 0 N–H and O–H groups in total. The molecule has 19 heavy (non-hydrogen) atoms. The Kier molecular flexibility index (Phi) is 5.05. The average Bonchev–Trinajstić information content (AvgIpc) is 2.77. The number of benzene rings is 1. The van der Waals surface area contributed by atoms with E-state index in [0.29, 0.717) is 4.90 Å². The minimum atomic E-state index is -0.142. The van der Waals surface area contributed by atoms with Gasteiger partial charge in [-0.2, -0.15) is 0 Å². The summed E-state index contributed by atoms with van der Waals surface area (Å²) in [6.45, 7) is 3.61. The Hall–Kier alpha value is -1.26. The molecule has 102 valence electrons. The van der Waals surface area contributed by atoms with Gasteiger partial charge in [0.05, 0.1) is 6.54 Å². The van der Waals surface area contributed by atoms with Gasteiger partial charge in [-0.1, -0.05) is 12.1 Å². The zero-order chi connectivity index (χ0) is 13.7. The van der Waals surface area contributed by atoms with Crippen molar-refractivity contribution in [3.8, 4) is 0 Å². The summed E-state index contributed by atoms with van der Waals surface area (Å²) < 4.78 is 18.9. The molecule has 1 aromatic carbocycles. The van der Waals surface area contributed by atoms with Crippen molar-refractivity contribution < 1.29 is 8.81 Å². The van der Waals surface area contributed by atoms with Crippen LogP contribution >= 0.6 is 11.8 Å². The van der Waals surface area contributed by atoms with Crippen LogP contribution in [0.15, 0.2) is 45.7 Å². The lowest BCUT2D eigenvalue weighted by Gasteiger charge is -2.14. The Morgan fingerprint density at radius 1 is 1.21 bits per heavy atom. The SMILES string of the molecule is Cc1ccc(CN(C)CCSc2ccccc2F)o1. The van der Waals surface area contributed by atoms with Gasteiger partial charge in [-0.25, -0.2) is 4.39 Å². The molecule has 0 spiro atoms. The third kappa shape index (κ3) is 4.40. The quantitative estimate of drug-likeness (QED) is 0.745. The monoisotopic (exact) mass is 279 g/mol. The molecule has 1 aromatic heterocycles. The molecule has 0 saturated heterocycles. The van der Waals surface area contributed by atoms with E-state index < -0.39 is 0 Å². The molecule has 2 aromatic rings. The van der Waals surface area contributed by atoms with Gasteiger partial charge < -0.3 is 4.42 Å². The maximum Gasteiger partial charge on any atom is 0.136 e. The van der Waals surface area contributed by atoms with Crippen LogP contribution in [0.3, 0.4) is 0 Å². The Labute approximate surface area is 117 Å². The second kappa shape index (κ2) is 6.78. The summed E-state index contributed by atoms with van der Waals surface area (Å²) >= 11 is 1.54. The van der Waals surface area contributed by atoms with Crippen LogP contribution in [0.5, 0.6) is 0 Å². The molecule has 2 rings (SSSR count). The van der Waals surface area contributed by atoms with E-state index in [1.807, 2.05) is 38.2 Å². The number of hydrogen-bond donors (Lipinski definition) is 0. The van der Waals surface area contributed by atoms with Crippen LogP contribution in [-0.2, 0) is 6.54 Å². The maximum absolute atomic E-state index is 13.4. The highest BCUT2D eigenvalue weighted by Crippen LogP contribution is 2.21. The lowest BCUT2D eigenvalue weighted by atomic mass is 10.3. The second-order valence-corrected chi connectivity index (χ2v) is 5.67. The molecule has 0 aliphatic carbocycles. The second-order valence-electron chi connectivity index (χ2n) is 4.53. The van der Waals surface area contributed by atoms with Crippen molar-refractivity contribution in [1.82, 2.24) is 4.90 Å². The Balaban J connectivity index is 1.75. The summed E-state index contributed by atoms with van der Waals surface area (Å²) in [6, 6.07) is 10.9. The summed E-state index contributed by atoms with van der Waals surface area (Å²) in [6.07, 6.45) is 0. The first-order chi connectivity index (χ1) is 9.15. The fraction of sp³-hybridized carbons (Fsp3) is 0.333. The maximum atomic E-state index is 13.4. The van der Waals surface area contributed by atoms with E-state index >= 15 is 0 Å². The predicted molar refractivity (Wildman–Crippen MR) is 76.9 cm³/mol. The van der Waals surface area contributed by atoms with Crippen molar-refractivity contribution in [1.29, 1.82) is 0 Å². The summed E-state index contributed by atoms with van der Waals surface area (Å²) in [7, 11) is 2.04. The molecular weight excluding hydrogens is 261 g/mol. The zero-order valence-corrected chi connectivity index (χ0v) is 12.0. The van der Waals surface area contributed by atoms with Gasteiger partial charge in [-0.3, -0.25) is 4.90 Å². The van der Waals surface area contributed by atoms with E-state index in [9.17, 15) is 4.39 Å². The predicted octanol–water partition coefficient (Wildman–Crippen LogP) is 3.95. The molecule has 0 atom stereocenters. The fourth-order valence-corrected chi connectivity index (χ4v) is 2.79. The number of thioether (sulfide) groups is 1. The van der Waals surface area contributed by atoms with Crippen LogP contribution in [0.2, 0.25) is 0 Å². The molecule has 0 amide bonds. The van der Waals surface area contributed by atoms with Crippen LogP contribution in [0, 0.1) is 12.7 Å². The Morgan fingerprint density at radius 3 is 2.68 bits per heavy atom. The standard InChI is InChI=1S/C15H18FNOS/c1-12-7-8-13(18-12)11-17(2)9-10-19-15-6-4-3-5-14(15)16/h3-8H,9-11H2,1-2H3. The van der Waals surface area contributed by atoms with Crippen molar-refractivity contribution in [2.75, 3.05) is 19.3 Å². The summed E-state index contributed by atoms with van der Waals surface area (Å²) in [5.41, 5.74) is 0. The highest BCUT2D eigenvalue weighted by Gasteiger charge is 2.05. The lowest BCUT2D eigenvalue weighted by molar-refractivity contribution is 0.308. The van der Waals surface area contributed by atoms with E-state index in [-0.39, 0.29) is 5.82 Å². The van der Waals surface area contributed by atoms with Gasteiger partial charge in [0.1, 0.15) is 17.3 Å². The van der Waals surface area contributed by atoms with Crippen LogP contribution in [-0.4, -0.2) is 24.2 Å². The largest absolute Gasteiger partial charge is 0.465 e. The molecule has 0 unspecified atom stereocenters. The fourth-order valence-electron chi connectivity index (χ4n) is 1.79. The van der Waals surface area contributed by atoms with Crippen molar-refractivity contribution in [3.05, 3.63) is 53.7 Å². The molecule has 0 radical (unpaired) electrons. The van der Waals surface area contributed by atoms with Gasteiger partial charge in [-0.15, -0.1) is 11.8 Å². The van der Waals surface area contributed by atoms with E-state index in [1.165, 1.54) is 6.07 Å². The van der Waals surface area contributed by atoms with Crippen molar-refractivity contribution in [2.45, 2.75) is 18.4 Å². The molecule has 0 fully saturated rings. The molecule has 4 heteroatoms. The molecule has 2 nitrogen and oxygen atoms in total. The summed E-state index contributed by atoms with van der Waals surface area (Å²) in [5.74, 6) is 2.62. The van der Waals surface area contributed by atoms with Crippen LogP contribution in [0.25, 0.3) is 0 Å². The number of furan rings is 1. The van der Waals surface area contributed by atoms with Crippen molar-refractivity contribution in [2.24, 2.45) is 0 Å². The zero-order valence-electron chi connectivity index (χ0n) is 11.2. The summed E-state index contributed by atoms with van der Waals surface area (Å²) in [4.78, 5) is 2.89. The molecule has 0 aliphatic heterocycles. The Bertz CT molecular complexity index is 526. The third-order valence-corrected chi connectivity index (χ3v) is 3.82. The first kappa shape index (κ1) is 14.2. The molecule has 1 heterocycles.